The Bertz CT molecular complexity index is 454. The molecule has 2 aromatic carbocycles. The Morgan fingerprint density at radius 1 is 0.938 bits per heavy atom. The first-order chi connectivity index (χ1) is 7.31. The van der Waals surface area contributed by atoms with Crippen LogP contribution in [0.2, 0.25) is 0 Å². The van der Waals surface area contributed by atoms with Gasteiger partial charge in [-0.3, -0.25) is 0 Å². The summed E-state index contributed by atoms with van der Waals surface area (Å²) in [6, 6.07) is 14.3. The van der Waals surface area contributed by atoms with Gasteiger partial charge in [-0.2, -0.15) is 0 Å². The maximum atomic E-state index is 12.8. The number of hydrogen-bond acceptors (Lipinski definition) is 1. The van der Waals surface area contributed by atoms with Crippen LogP contribution in [0.15, 0.2) is 48.5 Å². The molecule has 0 aromatic heterocycles. The van der Waals surface area contributed by atoms with E-state index >= 15 is 0 Å². The first-order valence-electron chi connectivity index (χ1n) is 4.85. The first kappa shape index (κ1) is 12.7. The van der Waals surface area contributed by atoms with E-state index in [0.717, 1.165) is 16.7 Å². The van der Waals surface area contributed by atoms with Crippen molar-refractivity contribution >= 4 is 12.4 Å². The lowest BCUT2D eigenvalue weighted by molar-refractivity contribution is 0.628. The number of hydrogen-bond donors (Lipinski definition) is 1. The van der Waals surface area contributed by atoms with Crippen LogP contribution in [0.3, 0.4) is 0 Å². The van der Waals surface area contributed by atoms with Gasteiger partial charge in [-0.15, -0.1) is 12.4 Å². The SMILES string of the molecule is Cl.NCc1ccccc1-c1ccc(F)cc1. The zero-order valence-corrected chi connectivity index (χ0v) is 9.51. The average molecular weight is 238 g/mol. The lowest BCUT2D eigenvalue weighted by Crippen LogP contribution is -1.98. The van der Waals surface area contributed by atoms with E-state index < -0.39 is 0 Å². The standard InChI is InChI=1S/C13H12FN.ClH/c14-12-7-5-10(6-8-12)13-4-2-1-3-11(13)9-15;/h1-8H,9,15H2;1H. The highest BCUT2D eigenvalue weighted by Gasteiger charge is 2.02. The van der Waals surface area contributed by atoms with Crippen LogP contribution < -0.4 is 5.73 Å². The van der Waals surface area contributed by atoms with E-state index in [9.17, 15) is 4.39 Å². The summed E-state index contributed by atoms with van der Waals surface area (Å²) < 4.78 is 12.8. The van der Waals surface area contributed by atoms with E-state index in [1.165, 1.54) is 12.1 Å². The van der Waals surface area contributed by atoms with Crippen molar-refractivity contribution in [3.05, 3.63) is 59.9 Å². The van der Waals surface area contributed by atoms with Crippen LogP contribution in [0.4, 0.5) is 4.39 Å². The van der Waals surface area contributed by atoms with Crippen LogP contribution in [0.5, 0.6) is 0 Å². The van der Waals surface area contributed by atoms with Crippen molar-refractivity contribution in [1.82, 2.24) is 0 Å². The summed E-state index contributed by atoms with van der Waals surface area (Å²) >= 11 is 0. The fraction of sp³-hybridized carbons (Fsp3) is 0.0769. The molecule has 3 heteroatoms. The van der Waals surface area contributed by atoms with Crippen molar-refractivity contribution in [3.63, 3.8) is 0 Å². The Hall–Kier alpha value is -1.38. The second-order valence-electron chi connectivity index (χ2n) is 3.37. The summed E-state index contributed by atoms with van der Waals surface area (Å²) in [6.45, 7) is 0.494. The van der Waals surface area contributed by atoms with Gasteiger partial charge in [-0.1, -0.05) is 36.4 Å². The monoisotopic (exact) mass is 237 g/mol. The molecule has 0 atom stereocenters. The molecule has 2 aromatic rings. The van der Waals surface area contributed by atoms with E-state index in [-0.39, 0.29) is 18.2 Å². The summed E-state index contributed by atoms with van der Waals surface area (Å²) in [5.41, 5.74) is 8.78. The van der Waals surface area contributed by atoms with Crippen molar-refractivity contribution in [2.75, 3.05) is 0 Å². The Morgan fingerprint density at radius 3 is 2.19 bits per heavy atom. The number of nitrogens with two attached hydrogens (primary N) is 1. The zero-order chi connectivity index (χ0) is 10.7. The van der Waals surface area contributed by atoms with Gasteiger partial charge in [0.2, 0.25) is 0 Å². The molecule has 2 N–H and O–H groups in total. The second-order valence-corrected chi connectivity index (χ2v) is 3.37. The van der Waals surface area contributed by atoms with Crippen LogP contribution in [0.25, 0.3) is 11.1 Å². The predicted molar refractivity (Wildman–Crippen MR) is 67.0 cm³/mol. The van der Waals surface area contributed by atoms with Gasteiger partial charge in [0.1, 0.15) is 5.82 Å². The molecule has 0 radical (unpaired) electrons. The van der Waals surface area contributed by atoms with E-state index in [4.69, 9.17) is 5.73 Å². The van der Waals surface area contributed by atoms with Gasteiger partial charge in [0.25, 0.3) is 0 Å². The fourth-order valence-electron chi connectivity index (χ4n) is 1.61. The quantitative estimate of drug-likeness (QED) is 0.852. The molecular formula is C13H13ClFN. The van der Waals surface area contributed by atoms with Crippen LogP contribution in [0.1, 0.15) is 5.56 Å². The molecule has 0 amide bonds. The summed E-state index contributed by atoms with van der Waals surface area (Å²) in [6.07, 6.45) is 0. The topological polar surface area (TPSA) is 26.0 Å². The molecule has 1 nitrogen and oxygen atoms in total. The minimum Gasteiger partial charge on any atom is -0.326 e. The highest BCUT2D eigenvalue weighted by molar-refractivity contribution is 5.85. The number of rotatable bonds is 2. The molecule has 0 heterocycles. The molecule has 0 aliphatic carbocycles. The summed E-state index contributed by atoms with van der Waals surface area (Å²) in [4.78, 5) is 0. The Balaban J connectivity index is 0.00000128. The van der Waals surface area contributed by atoms with Gasteiger partial charge in [-0.05, 0) is 28.8 Å². The third kappa shape index (κ3) is 2.60. The summed E-state index contributed by atoms with van der Waals surface area (Å²) in [5.74, 6) is -0.219. The molecule has 0 saturated heterocycles. The fourth-order valence-corrected chi connectivity index (χ4v) is 1.61. The van der Waals surface area contributed by atoms with Crippen LogP contribution in [-0.2, 0) is 6.54 Å². The molecule has 84 valence electrons. The van der Waals surface area contributed by atoms with Gasteiger partial charge < -0.3 is 5.73 Å². The smallest absolute Gasteiger partial charge is 0.123 e. The average Bonchev–Trinajstić information content (AvgIpc) is 2.30. The Kier molecular flexibility index (Phi) is 4.47. The number of benzene rings is 2. The van der Waals surface area contributed by atoms with Crippen LogP contribution >= 0.6 is 12.4 Å². The number of halogens is 2. The van der Waals surface area contributed by atoms with Crippen LogP contribution in [0, 0.1) is 5.82 Å². The van der Waals surface area contributed by atoms with E-state index in [2.05, 4.69) is 0 Å². The van der Waals surface area contributed by atoms with Gasteiger partial charge >= 0.3 is 0 Å². The van der Waals surface area contributed by atoms with Crippen molar-refractivity contribution in [2.45, 2.75) is 6.54 Å². The molecule has 0 saturated carbocycles. The normalized spacial score (nSPS) is 9.62. The van der Waals surface area contributed by atoms with E-state index in [1.54, 1.807) is 12.1 Å². The maximum Gasteiger partial charge on any atom is 0.123 e. The predicted octanol–water partition coefficient (Wildman–Crippen LogP) is 3.37. The molecule has 16 heavy (non-hydrogen) atoms. The molecular weight excluding hydrogens is 225 g/mol. The highest BCUT2D eigenvalue weighted by atomic mass is 35.5. The van der Waals surface area contributed by atoms with Gasteiger partial charge in [0, 0.05) is 6.54 Å². The van der Waals surface area contributed by atoms with Gasteiger partial charge in [0.15, 0.2) is 0 Å². The molecule has 0 spiro atoms. The van der Waals surface area contributed by atoms with Gasteiger partial charge in [0.05, 0.1) is 0 Å². The van der Waals surface area contributed by atoms with Gasteiger partial charge in [-0.25, -0.2) is 4.39 Å². The zero-order valence-electron chi connectivity index (χ0n) is 8.69. The molecule has 0 unspecified atom stereocenters. The summed E-state index contributed by atoms with van der Waals surface area (Å²) in [7, 11) is 0. The van der Waals surface area contributed by atoms with Crippen LogP contribution in [-0.4, -0.2) is 0 Å². The molecule has 0 bridgehead atoms. The molecule has 0 aliphatic rings. The third-order valence-electron chi connectivity index (χ3n) is 2.39. The van der Waals surface area contributed by atoms with Crippen molar-refractivity contribution in [3.8, 4) is 11.1 Å². The Morgan fingerprint density at radius 2 is 1.56 bits per heavy atom. The van der Waals surface area contributed by atoms with E-state index in [1.807, 2.05) is 24.3 Å². The lowest BCUT2D eigenvalue weighted by atomic mass is 10.00. The molecule has 0 fully saturated rings. The maximum absolute atomic E-state index is 12.8. The second kappa shape index (κ2) is 5.64. The highest BCUT2D eigenvalue weighted by Crippen LogP contribution is 2.23. The molecule has 2 rings (SSSR count). The van der Waals surface area contributed by atoms with Crippen molar-refractivity contribution in [2.24, 2.45) is 5.73 Å². The summed E-state index contributed by atoms with van der Waals surface area (Å²) in [5, 5.41) is 0. The minimum absolute atomic E-state index is 0. The Labute approximate surface area is 101 Å². The first-order valence-corrected chi connectivity index (χ1v) is 4.85. The third-order valence-corrected chi connectivity index (χ3v) is 2.39. The minimum atomic E-state index is -0.219. The van der Waals surface area contributed by atoms with Crippen molar-refractivity contribution in [1.29, 1.82) is 0 Å². The van der Waals surface area contributed by atoms with E-state index in [0.29, 0.717) is 6.54 Å². The largest absolute Gasteiger partial charge is 0.326 e. The lowest BCUT2D eigenvalue weighted by Gasteiger charge is -2.07. The van der Waals surface area contributed by atoms with Crippen molar-refractivity contribution < 1.29 is 4.39 Å². The molecule has 0 aliphatic heterocycles.